The SMILES string of the molecule is CC(Sc1nc(-c2ccc(Cl)cc2)cc(-c2ccc(Cl)cc2)c1C#N)C(=O)Nc1ccccc1. The van der Waals surface area contributed by atoms with Gasteiger partial charge in [-0.15, -0.1) is 0 Å². The molecule has 3 aromatic carbocycles. The highest BCUT2D eigenvalue weighted by Gasteiger charge is 2.21. The Morgan fingerprint density at radius 2 is 1.53 bits per heavy atom. The Balaban J connectivity index is 1.75. The third-order valence-electron chi connectivity index (χ3n) is 5.09. The highest BCUT2D eigenvalue weighted by molar-refractivity contribution is 8.00. The minimum atomic E-state index is -0.488. The number of amides is 1. The van der Waals surface area contributed by atoms with Crippen LogP contribution >= 0.6 is 35.0 Å². The second-order valence-corrected chi connectivity index (χ2v) is 9.68. The number of aromatic nitrogens is 1. The molecule has 0 aliphatic heterocycles. The molecule has 0 saturated heterocycles. The largest absolute Gasteiger partial charge is 0.325 e. The van der Waals surface area contributed by atoms with Gasteiger partial charge < -0.3 is 5.32 Å². The zero-order valence-electron chi connectivity index (χ0n) is 18.1. The molecule has 4 aromatic rings. The molecule has 1 aromatic heterocycles. The van der Waals surface area contributed by atoms with Crippen LogP contribution in [-0.2, 0) is 4.79 Å². The summed E-state index contributed by atoms with van der Waals surface area (Å²) in [5.74, 6) is -0.174. The molecule has 1 unspecified atom stereocenters. The van der Waals surface area contributed by atoms with E-state index in [1.165, 1.54) is 11.8 Å². The number of nitrogens with one attached hydrogen (secondary N) is 1. The van der Waals surface area contributed by atoms with E-state index in [-0.39, 0.29) is 5.91 Å². The van der Waals surface area contributed by atoms with Crippen molar-refractivity contribution in [3.05, 3.63) is 101 Å². The second-order valence-electron chi connectivity index (χ2n) is 7.48. The lowest BCUT2D eigenvalue weighted by Crippen LogP contribution is -2.22. The van der Waals surface area contributed by atoms with Crippen molar-refractivity contribution >= 4 is 46.6 Å². The third kappa shape index (κ3) is 5.60. The van der Waals surface area contributed by atoms with Gasteiger partial charge in [-0.05, 0) is 55.0 Å². The fraction of sp³-hybridized carbons (Fsp3) is 0.0741. The Morgan fingerprint density at radius 1 is 0.941 bits per heavy atom. The van der Waals surface area contributed by atoms with E-state index in [0.717, 1.165) is 16.7 Å². The smallest absolute Gasteiger partial charge is 0.237 e. The minimum Gasteiger partial charge on any atom is -0.325 e. The molecule has 7 heteroatoms. The number of benzene rings is 3. The van der Waals surface area contributed by atoms with Crippen LogP contribution in [0.15, 0.2) is 90.0 Å². The van der Waals surface area contributed by atoms with Crippen LogP contribution in [0, 0.1) is 11.3 Å². The van der Waals surface area contributed by atoms with E-state index in [1.54, 1.807) is 31.2 Å². The first-order chi connectivity index (χ1) is 16.4. The van der Waals surface area contributed by atoms with E-state index < -0.39 is 5.25 Å². The topological polar surface area (TPSA) is 65.8 Å². The van der Waals surface area contributed by atoms with E-state index in [9.17, 15) is 10.1 Å². The van der Waals surface area contributed by atoms with Gasteiger partial charge in [0, 0.05) is 26.9 Å². The molecule has 4 rings (SSSR count). The van der Waals surface area contributed by atoms with E-state index >= 15 is 0 Å². The van der Waals surface area contributed by atoms with Crippen molar-refractivity contribution in [2.45, 2.75) is 17.2 Å². The zero-order valence-corrected chi connectivity index (χ0v) is 20.5. The highest BCUT2D eigenvalue weighted by atomic mass is 35.5. The van der Waals surface area contributed by atoms with Crippen molar-refractivity contribution in [2.75, 3.05) is 5.32 Å². The Hall–Kier alpha value is -3.30. The molecule has 0 radical (unpaired) electrons. The molecule has 1 N–H and O–H groups in total. The maximum atomic E-state index is 12.8. The van der Waals surface area contributed by atoms with Crippen LogP contribution in [0.1, 0.15) is 12.5 Å². The number of halogens is 2. The standard InChI is InChI=1S/C27H19Cl2N3OS/c1-17(26(33)31-22-5-3-2-4-6-22)34-27-24(16-30)23(18-7-11-20(28)12-8-18)15-25(32-27)19-9-13-21(29)14-10-19/h2-15,17H,1H3,(H,31,33). The molecule has 0 aliphatic carbocycles. The summed E-state index contributed by atoms with van der Waals surface area (Å²) in [6.45, 7) is 1.79. The predicted octanol–water partition coefficient (Wildman–Crippen LogP) is 7.71. The van der Waals surface area contributed by atoms with Crippen LogP contribution < -0.4 is 5.32 Å². The number of para-hydroxylation sites is 1. The fourth-order valence-corrected chi connectivity index (χ4v) is 4.50. The maximum Gasteiger partial charge on any atom is 0.237 e. The summed E-state index contributed by atoms with van der Waals surface area (Å²) in [6.07, 6.45) is 0. The quantitative estimate of drug-likeness (QED) is 0.273. The van der Waals surface area contributed by atoms with Crippen LogP contribution in [0.4, 0.5) is 5.69 Å². The van der Waals surface area contributed by atoms with E-state index in [4.69, 9.17) is 28.2 Å². The first-order valence-corrected chi connectivity index (χ1v) is 12.1. The number of pyridine rings is 1. The number of anilines is 1. The van der Waals surface area contributed by atoms with Crippen molar-refractivity contribution < 1.29 is 4.79 Å². The van der Waals surface area contributed by atoms with Gasteiger partial charge in [0.05, 0.1) is 16.5 Å². The van der Waals surface area contributed by atoms with Crippen molar-refractivity contribution in [3.8, 4) is 28.5 Å². The molecular formula is C27H19Cl2N3OS. The van der Waals surface area contributed by atoms with Gasteiger partial charge in [-0.25, -0.2) is 4.98 Å². The average molecular weight is 504 g/mol. The Labute approximate surface area is 212 Å². The van der Waals surface area contributed by atoms with Gasteiger partial charge in [0.25, 0.3) is 0 Å². The number of thioether (sulfide) groups is 1. The lowest BCUT2D eigenvalue weighted by molar-refractivity contribution is -0.115. The maximum absolute atomic E-state index is 12.8. The molecule has 1 atom stereocenters. The van der Waals surface area contributed by atoms with Crippen LogP contribution in [0.5, 0.6) is 0 Å². The lowest BCUT2D eigenvalue weighted by Gasteiger charge is -2.16. The molecule has 0 spiro atoms. The van der Waals surface area contributed by atoms with Crippen molar-refractivity contribution in [1.29, 1.82) is 5.26 Å². The molecule has 168 valence electrons. The van der Waals surface area contributed by atoms with Gasteiger partial charge in [-0.1, -0.05) is 77.4 Å². The van der Waals surface area contributed by atoms with Gasteiger partial charge in [-0.3, -0.25) is 4.79 Å². The summed E-state index contributed by atoms with van der Waals surface area (Å²) in [5.41, 5.74) is 4.21. The first kappa shape index (κ1) is 23.8. The fourth-order valence-electron chi connectivity index (χ4n) is 3.33. The number of hydrogen-bond donors (Lipinski definition) is 1. The van der Waals surface area contributed by atoms with Crippen LogP contribution in [0.2, 0.25) is 10.0 Å². The molecule has 0 bridgehead atoms. The first-order valence-electron chi connectivity index (χ1n) is 10.4. The number of hydrogen-bond acceptors (Lipinski definition) is 4. The lowest BCUT2D eigenvalue weighted by atomic mass is 9.99. The van der Waals surface area contributed by atoms with Crippen LogP contribution in [0.3, 0.4) is 0 Å². The third-order valence-corrected chi connectivity index (χ3v) is 6.68. The van der Waals surface area contributed by atoms with Crippen molar-refractivity contribution in [1.82, 2.24) is 4.98 Å². The van der Waals surface area contributed by atoms with Crippen molar-refractivity contribution in [2.24, 2.45) is 0 Å². The molecule has 0 saturated carbocycles. The van der Waals surface area contributed by atoms with Gasteiger partial charge >= 0.3 is 0 Å². The molecule has 34 heavy (non-hydrogen) atoms. The van der Waals surface area contributed by atoms with Crippen LogP contribution in [0.25, 0.3) is 22.4 Å². The predicted molar refractivity (Wildman–Crippen MR) is 140 cm³/mol. The molecule has 0 aliphatic rings. The summed E-state index contributed by atoms with van der Waals surface area (Å²) in [7, 11) is 0. The van der Waals surface area contributed by atoms with Gasteiger partial charge in [0.1, 0.15) is 11.1 Å². The number of carbonyl (C=O) groups is 1. The summed E-state index contributed by atoms with van der Waals surface area (Å²) in [4.78, 5) is 17.6. The minimum absolute atomic E-state index is 0.174. The molecule has 4 nitrogen and oxygen atoms in total. The summed E-state index contributed by atoms with van der Waals surface area (Å²) in [6, 6.07) is 28.1. The molecule has 1 heterocycles. The monoisotopic (exact) mass is 503 g/mol. The Morgan fingerprint density at radius 3 is 2.12 bits per heavy atom. The summed E-state index contributed by atoms with van der Waals surface area (Å²) >= 11 is 13.4. The average Bonchev–Trinajstić information content (AvgIpc) is 2.85. The number of carbonyl (C=O) groups excluding carboxylic acids is 1. The number of nitrogens with zero attached hydrogens (tertiary/aromatic N) is 2. The van der Waals surface area contributed by atoms with Gasteiger partial charge in [0.2, 0.25) is 5.91 Å². The van der Waals surface area contributed by atoms with E-state index in [1.807, 2.05) is 60.7 Å². The van der Waals surface area contributed by atoms with Crippen molar-refractivity contribution in [3.63, 3.8) is 0 Å². The van der Waals surface area contributed by atoms with E-state index in [0.29, 0.717) is 32.0 Å². The summed E-state index contributed by atoms with van der Waals surface area (Å²) < 4.78 is 0. The zero-order chi connectivity index (χ0) is 24.1. The Bertz CT molecular complexity index is 1350. The molecular weight excluding hydrogens is 485 g/mol. The van der Waals surface area contributed by atoms with Gasteiger partial charge in [0.15, 0.2) is 0 Å². The number of rotatable bonds is 6. The highest BCUT2D eigenvalue weighted by Crippen LogP contribution is 2.36. The van der Waals surface area contributed by atoms with Gasteiger partial charge in [-0.2, -0.15) is 5.26 Å². The molecule has 1 amide bonds. The molecule has 0 fully saturated rings. The second kappa shape index (κ2) is 10.8. The van der Waals surface area contributed by atoms with E-state index in [2.05, 4.69) is 11.4 Å². The summed E-state index contributed by atoms with van der Waals surface area (Å²) in [5, 5.41) is 14.2. The number of nitriles is 1. The Kier molecular flexibility index (Phi) is 7.54. The normalized spacial score (nSPS) is 11.5. The van der Waals surface area contributed by atoms with Crippen LogP contribution in [-0.4, -0.2) is 16.1 Å².